The third kappa shape index (κ3) is 2.55. The fraction of sp³-hybridized carbons (Fsp3) is 0.182. The molecule has 4 nitrogen and oxygen atoms in total. The topological polar surface area (TPSA) is 45.3 Å². The molecular formula is C11H13BrN2O2. The van der Waals surface area contributed by atoms with Crippen molar-refractivity contribution in [2.24, 2.45) is 0 Å². The molecule has 0 unspecified atom stereocenters. The number of amides is 1. The number of H-pyrrole nitrogens is 1. The molecule has 0 aliphatic heterocycles. The Bertz CT molecular complexity index is 493. The van der Waals surface area contributed by atoms with Crippen molar-refractivity contribution in [3.63, 3.8) is 0 Å². The van der Waals surface area contributed by atoms with E-state index in [9.17, 15) is 4.79 Å². The minimum absolute atomic E-state index is 0. The van der Waals surface area contributed by atoms with E-state index in [4.69, 9.17) is 4.74 Å². The molecule has 2 rings (SSSR count). The molecule has 0 aliphatic rings. The third-order valence-corrected chi connectivity index (χ3v) is 2.10. The number of aromatic amines is 1. The average Bonchev–Trinajstić information content (AvgIpc) is 2.64. The number of rotatable bonds is 1. The number of fused-ring (bicyclic) bond motifs is 1. The first-order valence-electron chi connectivity index (χ1n) is 4.63. The van der Waals surface area contributed by atoms with E-state index in [0.29, 0.717) is 5.75 Å². The van der Waals surface area contributed by atoms with Crippen molar-refractivity contribution in [1.82, 2.24) is 9.88 Å². The molecule has 1 aromatic carbocycles. The zero-order valence-corrected chi connectivity index (χ0v) is 10.8. The van der Waals surface area contributed by atoms with Gasteiger partial charge < -0.3 is 14.6 Å². The van der Waals surface area contributed by atoms with E-state index in [0.717, 1.165) is 10.9 Å². The van der Waals surface area contributed by atoms with Gasteiger partial charge in [0, 0.05) is 31.9 Å². The molecule has 1 N–H and O–H groups in total. The lowest BCUT2D eigenvalue weighted by atomic mass is 10.2. The second kappa shape index (κ2) is 5.03. The van der Waals surface area contributed by atoms with Crippen LogP contribution in [0.3, 0.4) is 0 Å². The van der Waals surface area contributed by atoms with Crippen LogP contribution in [0.4, 0.5) is 4.79 Å². The summed E-state index contributed by atoms with van der Waals surface area (Å²) in [5.74, 6) is 0.545. The SMILES string of the molecule is Br.CN(C)C(=O)Oc1ccc2cc[nH]c2c1. The third-order valence-electron chi connectivity index (χ3n) is 2.10. The summed E-state index contributed by atoms with van der Waals surface area (Å²) in [6.45, 7) is 0. The van der Waals surface area contributed by atoms with E-state index in [2.05, 4.69) is 4.98 Å². The van der Waals surface area contributed by atoms with Gasteiger partial charge >= 0.3 is 6.09 Å². The summed E-state index contributed by atoms with van der Waals surface area (Å²) in [6, 6.07) is 7.45. The minimum Gasteiger partial charge on any atom is -0.410 e. The molecular weight excluding hydrogens is 272 g/mol. The second-order valence-electron chi connectivity index (χ2n) is 3.49. The fourth-order valence-corrected chi connectivity index (χ4v) is 1.28. The van der Waals surface area contributed by atoms with Crippen LogP contribution in [0.1, 0.15) is 0 Å². The molecule has 0 bridgehead atoms. The normalized spacial score (nSPS) is 9.62. The molecule has 1 heterocycles. The van der Waals surface area contributed by atoms with E-state index in [1.54, 1.807) is 26.2 Å². The second-order valence-corrected chi connectivity index (χ2v) is 3.49. The highest BCUT2D eigenvalue weighted by molar-refractivity contribution is 8.93. The van der Waals surface area contributed by atoms with Gasteiger partial charge in [0.15, 0.2) is 0 Å². The predicted molar refractivity (Wildman–Crippen MR) is 68.3 cm³/mol. The van der Waals surface area contributed by atoms with Crippen LogP contribution in [0.2, 0.25) is 0 Å². The van der Waals surface area contributed by atoms with Gasteiger partial charge in [0.1, 0.15) is 5.75 Å². The Balaban J connectivity index is 0.00000128. The van der Waals surface area contributed by atoms with E-state index in [-0.39, 0.29) is 23.1 Å². The number of benzene rings is 1. The summed E-state index contributed by atoms with van der Waals surface area (Å²) in [5.41, 5.74) is 0.957. The number of hydrogen-bond donors (Lipinski definition) is 1. The van der Waals surface area contributed by atoms with Gasteiger partial charge in [-0.05, 0) is 23.6 Å². The van der Waals surface area contributed by atoms with Crippen molar-refractivity contribution >= 4 is 34.0 Å². The lowest BCUT2D eigenvalue weighted by molar-refractivity contribution is 0.172. The smallest absolute Gasteiger partial charge is 0.410 e. The molecule has 5 heteroatoms. The van der Waals surface area contributed by atoms with Crippen LogP contribution in [0.25, 0.3) is 10.9 Å². The molecule has 0 atom stereocenters. The minimum atomic E-state index is -0.374. The molecule has 0 aliphatic carbocycles. The quantitative estimate of drug-likeness (QED) is 0.875. The molecule has 0 radical (unpaired) electrons. The van der Waals surface area contributed by atoms with Gasteiger partial charge in [0.2, 0.25) is 0 Å². The predicted octanol–water partition coefficient (Wildman–Crippen LogP) is 2.81. The van der Waals surface area contributed by atoms with Gasteiger partial charge in [0.25, 0.3) is 0 Å². The monoisotopic (exact) mass is 284 g/mol. The standard InChI is InChI=1S/C11H12N2O2.BrH/c1-13(2)11(14)15-9-4-3-8-5-6-12-10(8)7-9;/h3-7,12H,1-2H3;1H. The zero-order chi connectivity index (χ0) is 10.8. The molecule has 16 heavy (non-hydrogen) atoms. The van der Waals surface area contributed by atoms with Gasteiger partial charge in [-0.15, -0.1) is 17.0 Å². The van der Waals surface area contributed by atoms with Crippen molar-refractivity contribution in [2.45, 2.75) is 0 Å². The van der Waals surface area contributed by atoms with E-state index >= 15 is 0 Å². The number of ether oxygens (including phenoxy) is 1. The van der Waals surface area contributed by atoms with Crippen molar-refractivity contribution in [1.29, 1.82) is 0 Å². The Morgan fingerprint density at radius 2 is 2.06 bits per heavy atom. The average molecular weight is 285 g/mol. The molecule has 1 amide bonds. The molecule has 0 saturated heterocycles. The molecule has 2 aromatic rings. The number of nitrogens with one attached hydrogen (secondary N) is 1. The first-order chi connectivity index (χ1) is 7.16. The number of nitrogens with zero attached hydrogens (tertiary/aromatic N) is 1. The highest BCUT2D eigenvalue weighted by Crippen LogP contribution is 2.19. The van der Waals surface area contributed by atoms with Crippen molar-refractivity contribution in [3.8, 4) is 5.75 Å². The summed E-state index contributed by atoms with van der Waals surface area (Å²) in [7, 11) is 3.30. The molecule has 0 spiro atoms. The molecule has 86 valence electrons. The Morgan fingerprint density at radius 1 is 1.31 bits per heavy atom. The highest BCUT2D eigenvalue weighted by atomic mass is 79.9. The van der Waals surface area contributed by atoms with Crippen LogP contribution in [0.15, 0.2) is 30.5 Å². The number of carbonyl (C=O) groups is 1. The number of aromatic nitrogens is 1. The molecule has 0 fully saturated rings. The molecule has 0 saturated carbocycles. The first-order valence-corrected chi connectivity index (χ1v) is 4.63. The van der Waals surface area contributed by atoms with Crippen LogP contribution in [-0.2, 0) is 0 Å². The first kappa shape index (κ1) is 12.6. The Kier molecular flexibility index (Phi) is 3.95. The van der Waals surface area contributed by atoms with E-state index < -0.39 is 0 Å². The number of halogens is 1. The van der Waals surface area contributed by atoms with Crippen LogP contribution in [-0.4, -0.2) is 30.1 Å². The van der Waals surface area contributed by atoms with Gasteiger partial charge in [-0.3, -0.25) is 0 Å². The van der Waals surface area contributed by atoms with E-state index in [1.807, 2.05) is 18.3 Å². The van der Waals surface area contributed by atoms with E-state index in [1.165, 1.54) is 4.90 Å². The van der Waals surface area contributed by atoms with Gasteiger partial charge in [-0.25, -0.2) is 4.79 Å². The Labute approximate surface area is 104 Å². The lowest BCUT2D eigenvalue weighted by Gasteiger charge is -2.10. The summed E-state index contributed by atoms with van der Waals surface area (Å²) >= 11 is 0. The largest absolute Gasteiger partial charge is 0.414 e. The molecule has 1 aromatic heterocycles. The van der Waals surface area contributed by atoms with Crippen molar-refractivity contribution < 1.29 is 9.53 Å². The van der Waals surface area contributed by atoms with Crippen LogP contribution in [0, 0.1) is 0 Å². The number of hydrogen-bond acceptors (Lipinski definition) is 2. The van der Waals surface area contributed by atoms with Gasteiger partial charge in [-0.1, -0.05) is 0 Å². The Morgan fingerprint density at radius 3 is 2.75 bits per heavy atom. The summed E-state index contributed by atoms with van der Waals surface area (Å²) in [6.07, 6.45) is 1.48. The van der Waals surface area contributed by atoms with Crippen molar-refractivity contribution in [3.05, 3.63) is 30.5 Å². The maximum Gasteiger partial charge on any atom is 0.414 e. The zero-order valence-electron chi connectivity index (χ0n) is 9.06. The highest BCUT2D eigenvalue weighted by Gasteiger charge is 2.06. The fourth-order valence-electron chi connectivity index (χ4n) is 1.28. The van der Waals surface area contributed by atoms with Crippen molar-refractivity contribution in [2.75, 3.05) is 14.1 Å². The van der Waals surface area contributed by atoms with Gasteiger partial charge in [-0.2, -0.15) is 0 Å². The maximum absolute atomic E-state index is 11.3. The van der Waals surface area contributed by atoms with Crippen LogP contribution >= 0.6 is 17.0 Å². The van der Waals surface area contributed by atoms with Gasteiger partial charge in [0.05, 0.1) is 0 Å². The maximum atomic E-state index is 11.3. The summed E-state index contributed by atoms with van der Waals surface area (Å²) in [5, 5.41) is 1.10. The Hall–Kier alpha value is -1.49. The summed E-state index contributed by atoms with van der Waals surface area (Å²) in [4.78, 5) is 15.7. The number of carbonyl (C=O) groups excluding carboxylic acids is 1. The lowest BCUT2D eigenvalue weighted by Crippen LogP contribution is -2.25. The summed E-state index contributed by atoms with van der Waals surface area (Å²) < 4.78 is 5.12. The van der Waals surface area contributed by atoms with Crippen LogP contribution in [0.5, 0.6) is 5.75 Å². The van der Waals surface area contributed by atoms with Crippen LogP contribution < -0.4 is 4.74 Å².